The molecule has 2 heterocycles. The molecular formula is C26H30Cl3N9O2. The van der Waals surface area contributed by atoms with Crippen molar-refractivity contribution in [3.8, 4) is 11.5 Å². The minimum Gasteiger partial charge on any atom is -0.370 e. The number of halogens is 3. The molecule has 212 valence electrons. The second kappa shape index (κ2) is 13.9. The van der Waals surface area contributed by atoms with Crippen LogP contribution < -0.4 is 27.0 Å². The van der Waals surface area contributed by atoms with Gasteiger partial charge in [-0.2, -0.15) is 0 Å². The van der Waals surface area contributed by atoms with E-state index in [1.54, 1.807) is 30.5 Å². The van der Waals surface area contributed by atoms with E-state index < -0.39 is 0 Å². The maximum atomic E-state index is 13.0. The second-order valence-electron chi connectivity index (χ2n) is 8.70. The molecule has 14 heteroatoms. The van der Waals surface area contributed by atoms with E-state index in [1.807, 2.05) is 35.9 Å². The molecule has 7 N–H and O–H groups in total. The molecule has 11 nitrogen and oxygen atoms in total. The van der Waals surface area contributed by atoms with Gasteiger partial charge in [0.25, 0.3) is 5.91 Å². The summed E-state index contributed by atoms with van der Waals surface area (Å²) in [6, 6.07) is 14.6. The number of aromatic amines is 1. The Morgan fingerprint density at radius 1 is 1.02 bits per heavy atom. The van der Waals surface area contributed by atoms with E-state index in [2.05, 4.69) is 30.5 Å². The standard InChI is InChI=1S/C26H29Cl2N9O2.ClH/c1-36-15-18(32-23(38)14-31-26(29)30)13-22(36)24-34-20-7-2-16(12-21(20)35-24)25(39)33-17-3-5-19(6-4-17)37(10-8-27)11-9-28;/h2-7,12-13,15H,8-11,14H2,1H3,(H,32,38)(H,33,39)(H,34,35)(H4,29,30,31);1H. The van der Waals surface area contributed by atoms with Crippen LogP contribution in [0.25, 0.3) is 22.6 Å². The second-order valence-corrected chi connectivity index (χ2v) is 9.45. The van der Waals surface area contributed by atoms with Crippen molar-refractivity contribution in [2.24, 2.45) is 23.5 Å². The first-order chi connectivity index (χ1) is 18.8. The van der Waals surface area contributed by atoms with Crippen molar-refractivity contribution in [1.29, 1.82) is 0 Å². The first kappa shape index (κ1) is 30.6. The fourth-order valence-electron chi connectivity index (χ4n) is 4.04. The van der Waals surface area contributed by atoms with Gasteiger partial charge in [0, 0.05) is 55.0 Å². The number of hydrogen-bond donors (Lipinski definition) is 5. The van der Waals surface area contributed by atoms with Gasteiger partial charge in [-0.05, 0) is 48.5 Å². The highest BCUT2D eigenvalue weighted by atomic mass is 35.5. The molecule has 2 aromatic carbocycles. The van der Waals surface area contributed by atoms with Gasteiger partial charge in [-0.25, -0.2) is 9.98 Å². The van der Waals surface area contributed by atoms with Crippen molar-refractivity contribution in [1.82, 2.24) is 14.5 Å². The molecule has 0 spiro atoms. The number of guanidine groups is 1. The Kier molecular flexibility index (Phi) is 10.7. The number of fused-ring (bicyclic) bond motifs is 1. The lowest BCUT2D eigenvalue weighted by molar-refractivity contribution is -0.114. The third kappa shape index (κ3) is 7.59. The van der Waals surface area contributed by atoms with Crippen molar-refractivity contribution >= 4 is 81.5 Å². The first-order valence-corrected chi connectivity index (χ1v) is 13.1. The molecule has 2 amide bonds. The first-order valence-electron chi connectivity index (χ1n) is 12.1. The number of imidazole rings is 1. The Bertz CT molecular complexity index is 1490. The number of aryl methyl sites for hydroxylation is 1. The lowest BCUT2D eigenvalue weighted by Gasteiger charge is -2.23. The van der Waals surface area contributed by atoms with Crippen LogP contribution in [0.1, 0.15) is 10.4 Å². The normalized spacial score (nSPS) is 10.6. The Balaban J connectivity index is 0.00000441. The van der Waals surface area contributed by atoms with Gasteiger partial charge in [0.1, 0.15) is 6.54 Å². The highest BCUT2D eigenvalue weighted by Crippen LogP contribution is 2.25. The fraction of sp³-hybridized carbons (Fsp3) is 0.231. The average molecular weight is 607 g/mol. The molecule has 0 fully saturated rings. The quantitative estimate of drug-likeness (QED) is 0.0994. The molecule has 4 aromatic rings. The maximum absolute atomic E-state index is 13.0. The predicted octanol–water partition coefficient (Wildman–Crippen LogP) is 3.74. The Morgan fingerprint density at radius 3 is 2.38 bits per heavy atom. The summed E-state index contributed by atoms with van der Waals surface area (Å²) in [7, 11) is 1.84. The van der Waals surface area contributed by atoms with Crippen LogP contribution in [-0.2, 0) is 11.8 Å². The van der Waals surface area contributed by atoms with E-state index in [1.165, 1.54) is 0 Å². The van der Waals surface area contributed by atoms with Crippen molar-refractivity contribution in [2.45, 2.75) is 0 Å². The summed E-state index contributed by atoms with van der Waals surface area (Å²) in [6.07, 6.45) is 1.75. The number of alkyl halides is 2. The number of hydrogen-bond acceptors (Lipinski definition) is 5. The van der Waals surface area contributed by atoms with Crippen LogP contribution >= 0.6 is 35.6 Å². The third-order valence-electron chi connectivity index (χ3n) is 5.88. The van der Waals surface area contributed by atoms with Crippen molar-refractivity contribution in [3.05, 3.63) is 60.3 Å². The number of aromatic nitrogens is 3. The SMILES string of the molecule is Cl.Cn1cc(NC(=O)CN=C(N)N)cc1-c1nc2ccc(C(=O)Nc3ccc(N(CCCl)CCCl)cc3)cc2[nH]1. The zero-order valence-corrected chi connectivity index (χ0v) is 24.0. The number of carbonyl (C=O) groups is 2. The minimum absolute atomic E-state index is 0. The number of amides is 2. The van der Waals surface area contributed by atoms with Crippen LogP contribution in [0, 0.1) is 0 Å². The van der Waals surface area contributed by atoms with E-state index in [4.69, 9.17) is 34.7 Å². The summed E-state index contributed by atoms with van der Waals surface area (Å²) in [5.74, 6) is 0.830. The largest absolute Gasteiger partial charge is 0.370 e. The van der Waals surface area contributed by atoms with Gasteiger partial charge in [-0.1, -0.05) is 0 Å². The number of carbonyl (C=O) groups excluding carboxylic acids is 2. The maximum Gasteiger partial charge on any atom is 0.255 e. The molecule has 0 aliphatic rings. The fourth-order valence-corrected chi connectivity index (χ4v) is 4.45. The van der Waals surface area contributed by atoms with Crippen LogP contribution in [0.3, 0.4) is 0 Å². The number of anilines is 3. The molecule has 2 aromatic heterocycles. The molecule has 4 rings (SSSR count). The monoisotopic (exact) mass is 605 g/mol. The Morgan fingerprint density at radius 2 is 1.73 bits per heavy atom. The summed E-state index contributed by atoms with van der Waals surface area (Å²) < 4.78 is 1.83. The molecule has 0 aliphatic carbocycles. The summed E-state index contributed by atoms with van der Waals surface area (Å²) in [6.45, 7) is 1.20. The number of aliphatic imine (C=N–C) groups is 1. The van der Waals surface area contributed by atoms with Gasteiger partial charge in [0.2, 0.25) is 5.91 Å². The number of rotatable bonds is 11. The number of nitrogens with zero attached hydrogens (tertiary/aromatic N) is 4. The smallest absolute Gasteiger partial charge is 0.255 e. The topological polar surface area (TPSA) is 159 Å². The molecule has 0 saturated heterocycles. The van der Waals surface area contributed by atoms with Gasteiger partial charge in [0.15, 0.2) is 11.8 Å². The van der Waals surface area contributed by atoms with Gasteiger partial charge in [0.05, 0.1) is 22.4 Å². The van der Waals surface area contributed by atoms with Gasteiger partial charge < -0.3 is 36.6 Å². The van der Waals surface area contributed by atoms with E-state index in [-0.39, 0.29) is 36.7 Å². The van der Waals surface area contributed by atoms with Gasteiger partial charge in [-0.15, -0.1) is 35.6 Å². The van der Waals surface area contributed by atoms with Gasteiger partial charge in [-0.3, -0.25) is 9.59 Å². The molecule has 0 atom stereocenters. The third-order valence-corrected chi connectivity index (χ3v) is 6.22. The van der Waals surface area contributed by atoms with Crippen LogP contribution in [-0.4, -0.2) is 63.7 Å². The van der Waals surface area contributed by atoms with Crippen LogP contribution in [0.5, 0.6) is 0 Å². The molecule has 0 unspecified atom stereocenters. The van der Waals surface area contributed by atoms with Crippen LogP contribution in [0.2, 0.25) is 0 Å². The highest BCUT2D eigenvalue weighted by molar-refractivity contribution is 6.18. The molecule has 0 aliphatic heterocycles. The Hall–Kier alpha value is -3.93. The molecule has 0 bridgehead atoms. The predicted molar refractivity (Wildman–Crippen MR) is 165 cm³/mol. The molecule has 0 radical (unpaired) electrons. The van der Waals surface area contributed by atoms with Crippen molar-refractivity contribution < 1.29 is 9.59 Å². The number of benzene rings is 2. The minimum atomic E-state index is -0.349. The van der Waals surface area contributed by atoms with Gasteiger partial charge >= 0.3 is 0 Å². The average Bonchev–Trinajstić information content (AvgIpc) is 3.50. The highest BCUT2D eigenvalue weighted by Gasteiger charge is 2.14. The summed E-state index contributed by atoms with van der Waals surface area (Å²) >= 11 is 11.8. The summed E-state index contributed by atoms with van der Waals surface area (Å²) in [4.78, 5) is 38.7. The van der Waals surface area contributed by atoms with E-state index in [9.17, 15) is 9.59 Å². The van der Waals surface area contributed by atoms with E-state index >= 15 is 0 Å². The van der Waals surface area contributed by atoms with Crippen molar-refractivity contribution in [2.75, 3.05) is 46.9 Å². The number of nitrogens with one attached hydrogen (secondary N) is 3. The van der Waals surface area contributed by atoms with E-state index in [0.29, 0.717) is 58.6 Å². The van der Waals surface area contributed by atoms with Crippen LogP contribution in [0.4, 0.5) is 17.1 Å². The number of H-pyrrole nitrogens is 1. The molecule has 0 saturated carbocycles. The van der Waals surface area contributed by atoms with Crippen LogP contribution in [0.15, 0.2) is 59.7 Å². The van der Waals surface area contributed by atoms with E-state index in [0.717, 1.165) is 11.4 Å². The zero-order chi connectivity index (χ0) is 27.9. The Labute approximate surface area is 247 Å². The lowest BCUT2D eigenvalue weighted by Crippen LogP contribution is -2.27. The molecule has 40 heavy (non-hydrogen) atoms. The summed E-state index contributed by atoms with van der Waals surface area (Å²) in [5, 5.41) is 5.67. The molecular weight excluding hydrogens is 577 g/mol. The number of nitrogens with two attached hydrogens (primary N) is 2. The lowest BCUT2D eigenvalue weighted by atomic mass is 10.2. The summed E-state index contributed by atoms with van der Waals surface area (Å²) in [5.41, 5.74) is 15.4. The van der Waals surface area contributed by atoms with Crippen molar-refractivity contribution in [3.63, 3.8) is 0 Å². The zero-order valence-electron chi connectivity index (χ0n) is 21.7.